The van der Waals surface area contributed by atoms with Crippen molar-refractivity contribution in [3.05, 3.63) is 60.2 Å². The molecule has 3 rings (SSSR count). The van der Waals surface area contributed by atoms with Crippen LogP contribution >= 0.6 is 0 Å². The molecule has 0 bridgehead atoms. The van der Waals surface area contributed by atoms with Gasteiger partial charge in [0.25, 0.3) is 5.91 Å². The van der Waals surface area contributed by atoms with E-state index in [2.05, 4.69) is 4.90 Å². The maximum atomic E-state index is 13.0. The van der Waals surface area contributed by atoms with Crippen LogP contribution in [0.25, 0.3) is 11.1 Å². The third-order valence-electron chi connectivity index (χ3n) is 4.42. The molecule has 2 aromatic carbocycles. The van der Waals surface area contributed by atoms with Crippen LogP contribution in [-0.4, -0.2) is 59.6 Å². The first kappa shape index (κ1) is 16.7. The summed E-state index contributed by atoms with van der Waals surface area (Å²) in [6.45, 7) is 5.49. The standard InChI is InChI=1S/C20H24N2O2/c1-16(23)15-21-11-13-22(14-12-21)20(24)19-10-6-5-9-18(19)17-7-3-2-4-8-17/h2-10,16,23H,11-15H2,1H3/t16-/m0/s1. The van der Waals surface area contributed by atoms with E-state index in [1.165, 1.54) is 0 Å². The molecule has 1 aliphatic heterocycles. The third-order valence-corrected chi connectivity index (χ3v) is 4.42. The van der Waals surface area contributed by atoms with Gasteiger partial charge in [-0.25, -0.2) is 0 Å². The zero-order chi connectivity index (χ0) is 16.9. The Kier molecular flexibility index (Phi) is 5.28. The van der Waals surface area contributed by atoms with Crippen molar-refractivity contribution in [1.82, 2.24) is 9.80 Å². The minimum Gasteiger partial charge on any atom is -0.392 e. The van der Waals surface area contributed by atoms with Crippen molar-refractivity contribution in [2.24, 2.45) is 0 Å². The SMILES string of the molecule is C[C@H](O)CN1CCN(C(=O)c2ccccc2-c2ccccc2)CC1. The minimum atomic E-state index is -0.328. The van der Waals surface area contributed by atoms with Crippen LogP contribution < -0.4 is 0 Å². The predicted octanol–water partition coefficient (Wildman–Crippen LogP) is 2.49. The summed E-state index contributed by atoms with van der Waals surface area (Å²) in [5, 5.41) is 9.50. The molecule has 126 valence electrons. The number of nitrogens with zero attached hydrogens (tertiary/aromatic N) is 2. The molecule has 0 unspecified atom stereocenters. The number of carbonyl (C=O) groups excluding carboxylic acids is 1. The lowest BCUT2D eigenvalue weighted by Gasteiger charge is -2.35. The summed E-state index contributed by atoms with van der Waals surface area (Å²) in [5.74, 6) is 0.0890. The van der Waals surface area contributed by atoms with Crippen LogP contribution in [-0.2, 0) is 0 Å². The lowest BCUT2D eigenvalue weighted by Crippen LogP contribution is -2.50. The van der Waals surface area contributed by atoms with E-state index < -0.39 is 0 Å². The van der Waals surface area contributed by atoms with Crippen LogP contribution in [0.3, 0.4) is 0 Å². The van der Waals surface area contributed by atoms with Crippen LogP contribution in [0.1, 0.15) is 17.3 Å². The lowest BCUT2D eigenvalue weighted by atomic mass is 9.98. The van der Waals surface area contributed by atoms with Crippen LogP contribution in [0.5, 0.6) is 0 Å². The summed E-state index contributed by atoms with van der Waals surface area (Å²) < 4.78 is 0. The van der Waals surface area contributed by atoms with Crippen LogP contribution in [0, 0.1) is 0 Å². The maximum absolute atomic E-state index is 13.0. The Labute approximate surface area is 143 Å². The van der Waals surface area contributed by atoms with E-state index in [-0.39, 0.29) is 12.0 Å². The van der Waals surface area contributed by atoms with Gasteiger partial charge in [-0.2, -0.15) is 0 Å². The van der Waals surface area contributed by atoms with E-state index in [0.717, 1.165) is 29.8 Å². The fourth-order valence-electron chi connectivity index (χ4n) is 3.22. The number of amides is 1. The number of carbonyl (C=O) groups is 1. The van der Waals surface area contributed by atoms with Crippen LogP contribution in [0.15, 0.2) is 54.6 Å². The number of rotatable bonds is 4. The second kappa shape index (κ2) is 7.60. The first-order chi connectivity index (χ1) is 11.6. The molecule has 1 fully saturated rings. The highest BCUT2D eigenvalue weighted by molar-refractivity contribution is 6.00. The Bertz CT molecular complexity index is 677. The van der Waals surface area contributed by atoms with Gasteiger partial charge >= 0.3 is 0 Å². The third kappa shape index (κ3) is 3.83. The minimum absolute atomic E-state index is 0.0890. The first-order valence-corrected chi connectivity index (χ1v) is 8.49. The zero-order valence-electron chi connectivity index (χ0n) is 14.1. The van der Waals surface area contributed by atoms with E-state index in [1.807, 2.05) is 59.5 Å². The van der Waals surface area contributed by atoms with Gasteiger partial charge in [0.2, 0.25) is 0 Å². The average molecular weight is 324 g/mol. The number of hydrogen-bond donors (Lipinski definition) is 1. The molecule has 1 atom stereocenters. The molecule has 1 amide bonds. The molecule has 24 heavy (non-hydrogen) atoms. The van der Waals surface area contributed by atoms with Gasteiger partial charge in [0.15, 0.2) is 0 Å². The van der Waals surface area contributed by atoms with E-state index in [1.54, 1.807) is 6.92 Å². The predicted molar refractivity (Wildman–Crippen MR) is 95.9 cm³/mol. The number of hydrogen-bond acceptors (Lipinski definition) is 3. The summed E-state index contributed by atoms with van der Waals surface area (Å²) in [7, 11) is 0. The van der Waals surface area contributed by atoms with E-state index in [4.69, 9.17) is 0 Å². The van der Waals surface area contributed by atoms with Gasteiger partial charge in [0.1, 0.15) is 0 Å². The van der Waals surface area contributed by atoms with Crippen LogP contribution in [0.2, 0.25) is 0 Å². The molecule has 4 heteroatoms. The average Bonchev–Trinajstić information content (AvgIpc) is 2.62. The summed E-state index contributed by atoms with van der Waals surface area (Å²) in [5.41, 5.74) is 2.80. The Hall–Kier alpha value is -2.17. The van der Waals surface area contributed by atoms with Gasteiger partial charge in [0.05, 0.1) is 6.10 Å². The highest BCUT2D eigenvalue weighted by Crippen LogP contribution is 2.25. The Balaban J connectivity index is 1.75. The Morgan fingerprint density at radius 1 is 1.00 bits per heavy atom. The molecule has 4 nitrogen and oxygen atoms in total. The normalized spacial score (nSPS) is 16.8. The number of aliphatic hydroxyl groups is 1. The highest BCUT2D eigenvalue weighted by Gasteiger charge is 2.24. The summed E-state index contributed by atoms with van der Waals surface area (Å²) in [4.78, 5) is 17.1. The number of benzene rings is 2. The second-order valence-electron chi connectivity index (χ2n) is 6.35. The van der Waals surface area contributed by atoms with Gasteiger partial charge < -0.3 is 10.0 Å². The molecule has 0 aliphatic carbocycles. The Morgan fingerprint density at radius 2 is 1.62 bits per heavy atom. The zero-order valence-corrected chi connectivity index (χ0v) is 14.1. The van der Waals surface area contributed by atoms with Crippen molar-refractivity contribution in [3.63, 3.8) is 0 Å². The molecule has 1 heterocycles. The van der Waals surface area contributed by atoms with Crippen molar-refractivity contribution in [2.75, 3.05) is 32.7 Å². The van der Waals surface area contributed by atoms with Gasteiger partial charge in [-0.05, 0) is 24.1 Å². The quantitative estimate of drug-likeness (QED) is 0.940. The van der Waals surface area contributed by atoms with Gasteiger partial charge in [0, 0.05) is 38.3 Å². The van der Waals surface area contributed by atoms with Gasteiger partial charge in [-0.1, -0.05) is 48.5 Å². The molecule has 1 aliphatic rings. The van der Waals surface area contributed by atoms with Crippen molar-refractivity contribution in [3.8, 4) is 11.1 Å². The van der Waals surface area contributed by atoms with E-state index in [0.29, 0.717) is 19.6 Å². The highest BCUT2D eigenvalue weighted by atomic mass is 16.3. The smallest absolute Gasteiger partial charge is 0.254 e. The molecular formula is C20H24N2O2. The van der Waals surface area contributed by atoms with Crippen molar-refractivity contribution in [2.45, 2.75) is 13.0 Å². The Morgan fingerprint density at radius 3 is 2.29 bits per heavy atom. The van der Waals surface area contributed by atoms with Crippen molar-refractivity contribution < 1.29 is 9.90 Å². The van der Waals surface area contributed by atoms with E-state index in [9.17, 15) is 9.90 Å². The fraction of sp³-hybridized carbons (Fsp3) is 0.350. The molecule has 0 radical (unpaired) electrons. The largest absolute Gasteiger partial charge is 0.392 e. The monoisotopic (exact) mass is 324 g/mol. The molecule has 0 spiro atoms. The molecule has 0 saturated carbocycles. The lowest BCUT2D eigenvalue weighted by molar-refractivity contribution is 0.0555. The number of aliphatic hydroxyl groups excluding tert-OH is 1. The van der Waals surface area contributed by atoms with Gasteiger partial charge in [-0.3, -0.25) is 9.69 Å². The molecule has 2 aromatic rings. The summed E-state index contributed by atoms with van der Waals surface area (Å²) >= 11 is 0. The number of piperazine rings is 1. The first-order valence-electron chi connectivity index (χ1n) is 8.49. The topological polar surface area (TPSA) is 43.8 Å². The molecule has 0 aromatic heterocycles. The van der Waals surface area contributed by atoms with Gasteiger partial charge in [-0.15, -0.1) is 0 Å². The summed E-state index contributed by atoms with van der Waals surface area (Å²) in [6.07, 6.45) is -0.328. The maximum Gasteiger partial charge on any atom is 0.254 e. The van der Waals surface area contributed by atoms with Crippen molar-refractivity contribution >= 4 is 5.91 Å². The fourth-order valence-corrected chi connectivity index (χ4v) is 3.22. The molecular weight excluding hydrogens is 300 g/mol. The number of β-amino-alcohol motifs (C(OH)–C–C–N with tert-alkyl or cyclic N) is 1. The van der Waals surface area contributed by atoms with E-state index >= 15 is 0 Å². The molecule has 1 N–H and O–H groups in total. The van der Waals surface area contributed by atoms with Crippen molar-refractivity contribution in [1.29, 1.82) is 0 Å². The summed E-state index contributed by atoms with van der Waals surface area (Å²) in [6, 6.07) is 17.8. The van der Waals surface area contributed by atoms with Crippen LogP contribution in [0.4, 0.5) is 0 Å². The molecule has 1 saturated heterocycles. The second-order valence-corrected chi connectivity index (χ2v) is 6.35.